The molecule has 0 aromatic heterocycles. The monoisotopic (exact) mass is 184 g/mol. The molecular weight excluding hydrogens is 168 g/mol. The van der Waals surface area contributed by atoms with Gasteiger partial charge >= 0.3 is 0 Å². The van der Waals surface area contributed by atoms with E-state index in [2.05, 4.69) is 0 Å². The second-order valence-electron chi connectivity index (χ2n) is 3.33. The van der Waals surface area contributed by atoms with Crippen molar-refractivity contribution in [3.63, 3.8) is 0 Å². The van der Waals surface area contributed by atoms with E-state index in [0.29, 0.717) is 19.1 Å². The van der Waals surface area contributed by atoms with Crippen LogP contribution in [0.1, 0.15) is 12.8 Å². The van der Waals surface area contributed by atoms with Crippen LogP contribution in [0.25, 0.3) is 0 Å². The average molecular weight is 184 g/mol. The first-order valence-electron chi connectivity index (χ1n) is 4.63. The Bertz CT molecular complexity index is 173. The van der Waals surface area contributed by atoms with E-state index in [4.69, 9.17) is 20.5 Å². The Hall–Kier alpha value is -0.630. The molecule has 0 amide bonds. The van der Waals surface area contributed by atoms with Crippen LogP contribution in [0.3, 0.4) is 0 Å². The van der Waals surface area contributed by atoms with Gasteiger partial charge in [0.1, 0.15) is 6.04 Å². The first-order valence-corrected chi connectivity index (χ1v) is 4.63. The minimum absolute atomic E-state index is 0.341. The van der Waals surface area contributed by atoms with Gasteiger partial charge in [-0.3, -0.25) is 0 Å². The third-order valence-corrected chi connectivity index (χ3v) is 2.16. The first kappa shape index (κ1) is 10.5. The SMILES string of the molecule is N#CC(N)COCC1CCOCC1. The zero-order valence-electron chi connectivity index (χ0n) is 7.74. The molecule has 1 unspecified atom stereocenters. The van der Waals surface area contributed by atoms with E-state index in [1.165, 1.54) is 0 Å². The molecule has 0 aromatic carbocycles. The number of ether oxygens (including phenoxy) is 2. The molecule has 1 aliphatic rings. The van der Waals surface area contributed by atoms with Gasteiger partial charge in [0, 0.05) is 19.8 Å². The summed E-state index contributed by atoms with van der Waals surface area (Å²) in [5.74, 6) is 0.583. The van der Waals surface area contributed by atoms with Crippen LogP contribution in [-0.4, -0.2) is 32.5 Å². The zero-order chi connectivity index (χ0) is 9.52. The number of nitrogens with zero attached hydrogens (tertiary/aromatic N) is 1. The lowest BCUT2D eigenvalue weighted by atomic mass is 10.0. The highest BCUT2D eigenvalue weighted by atomic mass is 16.5. The summed E-state index contributed by atoms with van der Waals surface area (Å²) >= 11 is 0. The fourth-order valence-electron chi connectivity index (χ4n) is 1.31. The number of rotatable bonds is 4. The minimum atomic E-state index is -0.486. The molecule has 1 saturated heterocycles. The number of nitriles is 1. The van der Waals surface area contributed by atoms with E-state index in [1.54, 1.807) is 0 Å². The van der Waals surface area contributed by atoms with Crippen molar-refractivity contribution in [1.82, 2.24) is 0 Å². The Morgan fingerprint density at radius 2 is 2.23 bits per heavy atom. The van der Waals surface area contributed by atoms with Crippen molar-refractivity contribution in [2.45, 2.75) is 18.9 Å². The third kappa shape index (κ3) is 4.23. The van der Waals surface area contributed by atoms with Gasteiger partial charge < -0.3 is 15.2 Å². The van der Waals surface area contributed by atoms with Crippen LogP contribution in [-0.2, 0) is 9.47 Å². The van der Waals surface area contributed by atoms with Gasteiger partial charge in [-0.2, -0.15) is 5.26 Å². The van der Waals surface area contributed by atoms with E-state index in [-0.39, 0.29) is 0 Å². The summed E-state index contributed by atoms with van der Waals surface area (Å²) in [4.78, 5) is 0. The molecular formula is C9H16N2O2. The van der Waals surface area contributed by atoms with Gasteiger partial charge in [0.15, 0.2) is 0 Å². The molecule has 2 N–H and O–H groups in total. The van der Waals surface area contributed by atoms with Crippen LogP contribution < -0.4 is 5.73 Å². The van der Waals surface area contributed by atoms with Crippen LogP contribution in [0.15, 0.2) is 0 Å². The quantitative estimate of drug-likeness (QED) is 0.681. The summed E-state index contributed by atoms with van der Waals surface area (Å²) in [7, 11) is 0. The lowest BCUT2D eigenvalue weighted by Crippen LogP contribution is -2.27. The molecule has 0 aromatic rings. The minimum Gasteiger partial charge on any atom is -0.381 e. The molecule has 1 fully saturated rings. The van der Waals surface area contributed by atoms with E-state index in [9.17, 15) is 0 Å². The predicted octanol–water partition coefficient (Wildman–Crippen LogP) is 0.280. The van der Waals surface area contributed by atoms with Crippen molar-refractivity contribution in [2.75, 3.05) is 26.4 Å². The smallest absolute Gasteiger partial charge is 0.116 e. The van der Waals surface area contributed by atoms with E-state index >= 15 is 0 Å². The molecule has 0 saturated carbocycles. The maximum absolute atomic E-state index is 8.40. The number of nitrogens with two attached hydrogens (primary N) is 1. The Morgan fingerprint density at radius 3 is 2.85 bits per heavy atom. The van der Waals surface area contributed by atoms with Gasteiger partial charge in [-0.05, 0) is 18.8 Å². The normalized spacial score (nSPS) is 20.9. The van der Waals surface area contributed by atoms with Gasteiger partial charge in [-0.1, -0.05) is 0 Å². The highest BCUT2D eigenvalue weighted by Gasteiger charge is 2.13. The van der Waals surface area contributed by atoms with Gasteiger partial charge in [0.25, 0.3) is 0 Å². The second kappa shape index (κ2) is 5.92. The maximum Gasteiger partial charge on any atom is 0.116 e. The zero-order valence-corrected chi connectivity index (χ0v) is 7.74. The van der Waals surface area contributed by atoms with Crippen molar-refractivity contribution >= 4 is 0 Å². The van der Waals surface area contributed by atoms with Crippen LogP contribution in [0, 0.1) is 17.2 Å². The fourth-order valence-corrected chi connectivity index (χ4v) is 1.31. The van der Waals surface area contributed by atoms with Crippen molar-refractivity contribution in [1.29, 1.82) is 5.26 Å². The van der Waals surface area contributed by atoms with Gasteiger partial charge in [-0.15, -0.1) is 0 Å². The number of hydrogen-bond donors (Lipinski definition) is 1. The van der Waals surface area contributed by atoms with Crippen molar-refractivity contribution < 1.29 is 9.47 Å². The number of hydrogen-bond acceptors (Lipinski definition) is 4. The summed E-state index contributed by atoms with van der Waals surface area (Å²) < 4.78 is 10.5. The standard InChI is InChI=1S/C9H16N2O2/c10-5-9(11)7-13-6-8-1-3-12-4-2-8/h8-9H,1-4,6-7,11H2. The average Bonchev–Trinajstić information content (AvgIpc) is 2.19. The Morgan fingerprint density at radius 1 is 1.54 bits per heavy atom. The Labute approximate surface area is 78.6 Å². The van der Waals surface area contributed by atoms with Gasteiger partial charge in [-0.25, -0.2) is 0 Å². The van der Waals surface area contributed by atoms with E-state index < -0.39 is 6.04 Å². The first-order chi connectivity index (χ1) is 6.33. The summed E-state index contributed by atoms with van der Waals surface area (Å²) in [6, 6.07) is 1.44. The highest BCUT2D eigenvalue weighted by Crippen LogP contribution is 2.14. The maximum atomic E-state index is 8.40. The predicted molar refractivity (Wildman–Crippen MR) is 48.0 cm³/mol. The van der Waals surface area contributed by atoms with Crippen LogP contribution in [0.4, 0.5) is 0 Å². The molecule has 0 spiro atoms. The van der Waals surface area contributed by atoms with Gasteiger partial charge in [0.2, 0.25) is 0 Å². The molecule has 1 rings (SSSR count). The Balaban J connectivity index is 2.02. The van der Waals surface area contributed by atoms with Crippen molar-refractivity contribution in [3.8, 4) is 6.07 Å². The molecule has 1 aliphatic heterocycles. The fraction of sp³-hybridized carbons (Fsp3) is 0.889. The summed E-state index contributed by atoms with van der Waals surface area (Å²) in [6.07, 6.45) is 2.11. The summed E-state index contributed by atoms with van der Waals surface area (Å²) in [6.45, 7) is 2.71. The Kier molecular flexibility index (Phi) is 4.76. The van der Waals surface area contributed by atoms with Crippen LogP contribution in [0.2, 0.25) is 0 Å². The summed E-state index contributed by atoms with van der Waals surface area (Å²) in [5.41, 5.74) is 5.38. The largest absolute Gasteiger partial charge is 0.381 e. The highest BCUT2D eigenvalue weighted by molar-refractivity contribution is 4.85. The molecule has 4 heteroatoms. The topological polar surface area (TPSA) is 68.3 Å². The van der Waals surface area contributed by atoms with Gasteiger partial charge in [0.05, 0.1) is 12.7 Å². The van der Waals surface area contributed by atoms with Crippen molar-refractivity contribution in [3.05, 3.63) is 0 Å². The lowest BCUT2D eigenvalue weighted by Gasteiger charge is -2.21. The van der Waals surface area contributed by atoms with Crippen molar-refractivity contribution in [2.24, 2.45) is 11.7 Å². The lowest BCUT2D eigenvalue weighted by molar-refractivity contribution is 0.0200. The molecule has 74 valence electrons. The third-order valence-electron chi connectivity index (χ3n) is 2.16. The van der Waals surface area contributed by atoms with E-state index in [0.717, 1.165) is 26.1 Å². The molecule has 1 atom stereocenters. The molecule has 0 radical (unpaired) electrons. The molecule has 0 aliphatic carbocycles. The summed E-state index contributed by atoms with van der Waals surface area (Å²) in [5, 5.41) is 8.40. The molecule has 13 heavy (non-hydrogen) atoms. The molecule has 1 heterocycles. The second-order valence-corrected chi connectivity index (χ2v) is 3.33. The van der Waals surface area contributed by atoms with Crippen LogP contribution >= 0.6 is 0 Å². The van der Waals surface area contributed by atoms with Crippen LogP contribution in [0.5, 0.6) is 0 Å². The van der Waals surface area contributed by atoms with E-state index in [1.807, 2.05) is 6.07 Å². The molecule has 0 bridgehead atoms. The molecule has 4 nitrogen and oxygen atoms in total.